The number of anilines is 6. The lowest BCUT2D eigenvalue weighted by molar-refractivity contribution is -0.129. The van der Waals surface area contributed by atoms with Gasteiger partial charge in [-0.15, -0.1) is 0 Å². The maximum absolute atomic E-state index is 11.7. The first kappa shape index (κ1) is 30.2. The van der Waals surface area contributed by atoms with Gasteiger partial charge in [0.2, 0.25) is 11.9 Å². The zero-order valence-electron chi connectivity index (χ0n) is 25.5. The van der Waals surface area contributed by atoms with Gasteiger partial charge in [0, 0.05) is 101 Å². The molecule has 3 aromatic rings. The highest BCUT2D eigenvalue weighted by Gasteiger charge is 2.21. The Kier molecular flexibility index (Phi) is 9.68. The van der Waals surface area contributed by atoms with Crippen molar-refractivity contribution in [3.8, 4) is 11.5 Å². The molecule has 2 aliphatic rings. The van der Waals surface area contributed by atoms with E-state index in [1.54, 1.807) is 27.3 Å². The van der Waals surface area contributed by atoms with Gasteiger partial charge in [-0.2, -0.15) is 4.98 Å². The van der Waals surface area contributed by atoms with E-state index < -0.39 is 0 Å². The van der Waals surface area contributed by atoms with Crippen molar-refractivity contribution < 1.29 is 19.4 Å². The molecule has 43 heavy (non-hydrogen) atoms. The largest absolute Gasteiger partial charge is 0.494 e. The number of ether oxygens (including phenoxy) is 2. The molecule has 2 aromatic carbocycles. The number of β-amino-alcohol motifs (C(OH)–C–C–N with tert-alkyl or cyclic N) is 1. The Morgan fingerprint density at radius 3 is 1.95 bits per heavy atom. The van der Waals surface area contributed by atoms with Gasteiger partial charge in [0.05, 0.1) is 32.2 Å². The van der Waals surface area contributed by atoms with Crippen LogP contribution in [0.5, 0.6) is 11.5 Å². The molecule has 12 nitrogen and oxygen atoms in total. The van der Waals surface area contributed by atoms with Crippen LogP contribution >= 0.6 is 0 Å². The third-order valence-electron chi connectivity index (χ3n) is 8.09. The minimum atomic E-state index is 0.116. The van der Waals surface area contributed by atoms with Gasteiger partial charge in [0.25, 0.3) is 0 Å². The topological polar surface area (TPSA) is 119 Å². The summed E-state index contributed by atoms with van der Waals surface area (Å²) < 4.78 is 11.5. The quantitative estimate of drug-likeness (QED) is 0.323. The predicted octanol–water partition coefficient (Wildman–Crippen LogP) is 3.07. The fraction of sp³-hybridized carbons (Fsp3) is 0.452. The van der Waals surface area contributed by atoms with Crippen molar-refractivity contribution in [1.82, 2.24) is 19.8 Å². The van der Waals surface area contributed by atoms with E-state index in [2.05, 4.69) is 42.5 Å². The summed E-state index contributed by atoms with van der Waals surface area (Å²) in [6.07, 6.45) is 1.78. The molecular weight excluding hydrogens is 548 g/mol. The summed E-state index contributed by atoms with van der Waals surface area (Å²) in [5, 5.41) is 15.9. The normalized spacial score (nSPS) is 15.8. The van der Waals surface area contributed by atoms with Crippen molar-refractivity contribution in [3.63, 3.8) is 0 Å². The summed E-state index contributed by atoms with van der Waals surface area (Å²) in [4.78, 5) is 29.7. The average molecular weight is 591 g/mol. The van der Waals surface area contributed by atoms with Crippen LogP contribution < -0.4 is 29.9 Å². The Morgan fingerprint density at radius 2 is 1.42 bits per heavy atom. The van der Waals surface area contributed by atoms with Crippen molar-refractivity contribution in [2.24, 2.45) is 0 Å². The predicted molar refractivity (Wildman–Crippen MR) is 170 cm³/mol. The average Bonchev–Trinajstić information content (AvgIpc) is 3.03. The fourth-order valence-corrected chi connectivity index (χ4v) is 5.49. The van der Waals surface area contributed by atoms with Crippen LogP contribution in [-0.4, -0.2) is 111 Å². The van der Waals surface area contributed by atoms with E-state index in [9.17, 15) is 9.90 Å². The Hall–Kier alpha value is -4.29. The number of methoxy groups -OCH3 is 2. The second-order valence-corrected chi connectivity index (χ2v) is 10.8. The summed E-state index contributed by atoms with van der Waals surface area (Å²) in [6, 6.07) is 12.2. The number of aliphatic hydroxyl groups excluding tert-OH is 1. The number of carbonyl (C=O) groups excluding carboxylic acids is 1. The standard InChI is InChI=1S/C31H42N8O4/c1-22-21-32-31(34-27-8-6-24(20-29(27)43-4)38-11-9-36(10-12-38)17-18-40)35-30(22)33-26-7-5-25(19-28(26)42-3)39-15-13-37(14-16-39)23(2)41/h5-8,19-21,40H,9-18H2,1-4H3,(H2,32,33,34,35). The molecule has 5 rings (SSSR count). The number of benzene rings is 2. The van der Waals surface area contributed by atoms with E-state index in [1.165, 1.54) is 0 Å². The number of aryl methyl sites for hydroxylation is 1. The van der Waals surface area contributed by atoms with Crippen molar-refractivity contribution in [3.05, 3.63) is 48.2 Å². The van der Waals surface area contributed by atoms with Gasteiger partial charge in [-0.25, -0.2) is 4.98 Å². The molecule has 0 saturated carbocycles. The van der Waals surface area contributed by atoms with Gasteiger partial charge in [-0.1, -0.05) is 0 Å². The van der Waals surface area contributed by atoms with E-state index in [0.717, 1.165) is 67.6 Å². The molecule has 0 unspecified atom stereocenters. The van der Waals surface area contributed by atoms with Crippen LogP contribution in [0.2, 0.25) is 0 Å². The lowest BCUT2D eigenvalue weighted by Crippen LogP contribution is -2.48. The highest BCUT2D eigenvalue weighted by Crippen LogP contribution is 2.35. The molecule has 1 amide bonds. The maximum atomic E-state index is 11.7. The molecule has 12 heteroatoms. The number of nitrogens with zero attached hydrogens (tertiary/aromatic N) is 6. The molecule has 0 aliphatic carbocycles. The number of aliphatic hydroxyl groups is 1. The van der Waals surface area contributed by atoms with Crippen LogP contribution in [0.15, 0.2) is 42.6 Å². The monoisotopic (exact) mass is 590 g/mol. The number of amides is 1. The minimum absolute atomic E-state index is 0.116. The molecule has 230 valence electrons. The van der Waals surface area contributed by atoms with Crippen LogP contribution in [-0.2, 0) is 4.79 Å². The van der Waals surface area contributed by atoms with E-state index in [1.807, 2.05) is 36.1 Å². The van der Waals surface area contributed by atoms with Crippen molar-refractivity contribution in [2.45, 2.75) is 13.8 Å². The van der Waals surface area contributed by atoms with Gasteiger partial charge in [0.1, 0.15) is 17.3 Å². The first-order valence-electron chi connectivity index (χ1n) is 14.7. The highest BCUT2D eigenvalue weighted by atomic mass is 16.5. The SMILES string of the molecule is COc1cc(N2CCN(CCO)CC2)ccc1Nc1ncc(C)c(Nc2ccc(N3CCN(C(C)=O)CC3)cc2OC)n1. The number of hydrogen-bond donors (Lipinski definition) is 3. The van der Waals surface area contributed by atoms with Gasteiger partial charge < -0.3 is 39.9 Å². The minimum Gasteiger partial charge on any atom is -0.494 e. The van der Waals surface area contributed by atoms with Gasteiger partial charge >= 0.3 is 0 Å². The van der Waals surface area contributed by atoms with E-state index in [-0.39, 0.29) is 12.5 Å². The summed E-state index contributed by atoms with van der Waals surface area (Å²) in [5.41, 5.74) is 4.60. The Morgan fingerprint density at radius 1 is 0.860 bits per heavy atom. The Labute approximate surface area is 253 Å². The first-order chi connectivity index (χ1) is 20.9. The molecule has 3 heterocycles. The number of piperazine rings is 2. The molecule has 0 spiro atoms. The van der Waals surface area contributed by atoms with Gasteiger partial charge in [0.15, 0.2) is 0 Å². The summed E-state index contributed by atoms with van der Waals surface area (Å²) in [5.74, 6) is 2.63. The summed E-state index contributed by atoms with van der Waals surface area (Å²) in [6.45, 7) is 11.1. The van der Waals surface area contributed by atoms with Crippen molar-refractivity contribution in [1.29, 1.82) is 0 Å². The maximum Gasteiger partial charge on any atom is 0.229 e. The number of hydrogen-bond acceptors (Lipinski definition) is 11. The zero-order chi connectivity index (χ0) is 30.3. The Balaban J connectivity index is 1.28. The first-order valence-corrected chi connectivity index (χ1v) is 14.7. The van der Waals surface area contributed by atoms with Crippen LogP contribution in [0.25, 0.3) is 0 Å². The summed E-state index contributed by atoms with van der Waals surface area (Å²) >= 11 is 0. The third kappa shape index (κ3) is 7.20. The van der Waals surface area contributed by atoms with Crippen LogP contribution in [0.4, 0.5) is 34.5 Å². The van der Waals surface area contributed by atoms with Crippen molar-refractivity contribution in [2.75, 3.05) is 100 Å². The molecule has 1 aromatic heterocycles. The number of carbonyl (C=O) groups is 1. The molecule has 2 saturated heterocycles. The van der Waals surface area contributed by atoms with Crippen LogP contribution in [0.1, 0.15) is 12.5 Å². The molecule has 2 fully saturated rings. The number of nitrogens with one attached hydrogen (secondary N) is 2. The fourth-order valence-electron chi connectivity index (χ4n) is 5.49. The van der Waals surface area contributed by atoms with Gasteiger partial charge in [-0.3, -0.25) is 9.69 Å². The Bertz CT molecular complexity index is 1400. The smallest absolute Gasteiger partial charge is 0.229 e. The van der Waals surface area contributed by atoms with E-state index in [4.69, 9.17) is 14.5 Å². The zero-order valence-corrected chi connectivity index (χ0v) is 25.5. The molecule has 2 aliphatic heterocycles. The molecule has 3 N–H and O–H groups in total. The lowest BCUT2D eigenvalue weighted by atomic mass is 10.2. The van der Waals surface area contributed by atoms with E-state index in [0.29, 0.717) is 42.9 Å². The number of aromatic nitrogens is 2. The van der Waals surface area contributed by atoms with Crippen LogP contribution in [0, 0.1) is 6.92 Å². The van der Waals surface area contributed by atoms with Crippen molar-refractivity contribution >= 4 is 40.4 Å². The molecule has 0 atom stereocenters. The molecular formula is C31H42N8O4. The molecule has 0 bridgehead atoms. The summed E-state index contributed by atoms with van der Waals surface area (Å²) in [7, 11) is 3.31. The highest BCUT2D eigenvalue weighted by molar-refractivity contribution is 5.74. The van der Waals surface area contributed by atoms with E-state index >= 15 is 0 Å². The molecule has 0 radical (unpaired) electrons. The lowest BCUT2D eigenvalue weighted by Gasteiger charge is -2.36. The third-order valence-corrected chi connectivity index (χ3v) is 8.09. The van der Waals surface area contributed by atoms with Crippen LogP contribution in [0.3, 0.4) is 0 Å². The second-order valence-electron chi connectivity index (χ2n) is 10.8. The van der Waals surface area contributed by atoms with Gasteiger partial charge in [-0.05, 0) is 31.2 Å². The number of rotatable bonds is 10. The second kappa shape index (κ2) is 13.8.